The first-order chi connectivity index (χ1) is 10.8. The molecule has 1 N–H and O–H groups in total. The van der Waals surface area contributed by atoms with Gasteiger partial charge in [-0.15, -0.1) is 0 Å². The lowest BCUT2D eigenvalue weighted by molar-refractivity contribution is -0.127. The van der Waals surface area contributed by atoms with Crippen molar-refractivity contribution in [2.75, 3.05) is 37.9 Å². The number of carbonyl (C=O) groups is 1. The highest BCUT2D eigenvalue weighted by Crippen LogP contribution is 2.20. The van der Waals surface area contributed by atoms with Crippen LogP contribution < -0.4 is 14.4 Å². The van der Waals surface area contributed by atoms with Crippen LogP contribution in [0, 0.1) is 0 Å². The molecule has 0 heterocycles. The molecule has 0 aromatic heterocycles. The van der Waals surface area contributed by atoms with Crippen LogP contribution in [0.3, 0.4) is 0 Å². The fourth-order valence-electron chi connectivity index (χ4n) is 1.76. The minimum absolute atomic E-state index is 0.210. The Labute approximate surface area is 137 Å². The number of ether oxygens (including phenoxy) is 2. The van der Waals surface area contributed by atoms with Crippen molar-refractivity contribution in [2.24, 2.45) is 0 Å². The first-order valence-corrected chi connectivity index (χ1v) is 9.08. The standard InChI is InChI=1S/C15H24N2O5S/c1-12(15(18)16-10-5-11-21-3)22-14-8-6-13(7-9-14)17(2)23(4,19)20/h6-9,12H,5,10-11H2,1-4H3,(H,16,18). The van der Waals surface area contributed by atoms with Gasteiger partial charge >= 0.3 is 0 Å². The van der Waals surface area contributed by atoms with E-state index in [1.807, 2.05) is 0 Å². The van der Waals surface area contributed by atoms with Crippen molar-refractivity contribution in [1.29, 1.82) is 0 Å². The zero-order valence-electron chi connectivity index (χ0n) is 13.9. The number of hydrogen-bond donors (Lipinski definition) is 1. The molecule has 1 aromatic rings. The molecule has 0 aliphatic carbocycles. The van der Waals surface area contributed by atoms with Gasteiger partial charge in [-0.3, -0.25) is 9.10 Å². The lowest BCUT2D eigenvalue weighted by Crippen LogP contribution is -2.37. The summed E-state index contributed by atoms with van der Waals surface area (Å²) in [6, 6.07) is 6.51. The van der Waals surface area contributed by atoms with Crippen molar-refractivity contribution in [2.45, 2.75) is 19.4 Å². The molecule has 0 saturated carbocycles. The monoisotopic (exact) mass is 344 g/mol. The number of carbonyl (C=O) groups excluding carboxylic acids is 1. The molecule has 1 unspecified atom stereocenters. The van der Waals surface area contributed by atoms with Crippen molar-refractivity contribution < 1.29 is 22.7 Å². The predicted octanol–water partition coefficient (Wildman–Crippen LogP) is 1.00. The lowest BCUT2D eigenvalue weighted by atomic mass is 10.3. The maximum absolute atomic E-state index is 11.9. The highest BCUT2D eigenvalue weighted by atomic mass is 32.2. The van der Waals surface area contributed by atoms with Gasteiger partial charge in [-0.2, -0.15) is 0 Å². The topological polar surface area (TPSA) is 84.9 Å². The third kappa shape index (κ3) is 6.45. The lowest BCUT2D eigenvalue weighted by Gasteiger charge is -2.18. The van der Waals surface area contributed by atoms with Crippen LogP contribution in [0.5, 0.6) is 5.75 Å². The molecule has 1 rings (SSSR count). The Kier molecular flexibility index (Phi) is 7.31. The Morgan fingerprint density at radius 3 is 2.43 bits per heavy atom. The summed E-state index contributed by atoms with van der Waals surface area (Å²) in [5.74, 6) is 0.286. The number of hydrogen-bond acceptors (Lipinski definition) is 5. The molecular weight excluding hydrogens is 320 g/mol. The highest BCUT2D eigenvalue weighted by Gasteiger charge is 2.15. The number of nitrogens with one attached hydrogen (secondary N) is 1. The molecule has 8 heteroatoms. The highest BCUT2D eigenvalue weighted by molar-refractivity contribution is 7.92. The number of methoxy groups -OCH3 is 1. The van der Waals surface area contributed by atoms with E-state index in [-0.39, 0.29) is 5.91 Å². The number of sulfonamides is 1. The normalized spacial score (nSPS) is 12.5. The van der Waals surface area contributed by atoms with Gasteiger partial charge in [-0.25, -0.2) is 8.42 Å². The molecule has 0 fully saturated rings. The smallest absolute Gasteiger partial charge is 0.260 e. The summed E-state index contributed by atoms with van der Waals surface area (Å²) < 4.78 is 34.5. The fraction of sp³-hybridized carbons (Fsp3) is 0.533. The van der Waals surface area contributed by atoms with Gasteiger partial charge in [0.2, 0.25) is 10.0 Å². The Hall–Kier alpha value is -1.80. The average molecular weight is 344 g/mol. The quantitative estimate of drug-likeness (QED) is 0.676. The summed E-state index contributed by atoms with van der Waals surface area (Å²) in [5.41, 5.74) is 0.525. The minimum atomic E-state index is -3.30. The van der Waals surface area contributed by atoms with Crippen LogP contribution in [-0.4, -0.2) is 54.0 Å². The second kappa shape index (κ2) is 8.73. The van der Waals surface area contributed by atoms with E-state index in [9.17, 15) is 13.2 Å². The van der Waals surface area contributed by atoms with Crippen molar-refractivity contribution in [3.63, 3.8) is 0 Å². The Morgan fingerprint density at radius 2 is 1.91 bits per heavy atom. The molecular formula is C15H24N2O5S. The van der Waals surface area contributed by atoms with Gasteiger partial charge in [0.25, 0.3) is 5.91 Å². The molecule has 1 amide bonds. The van der Waals surface area contributed by atoms with Crippen molar-refractivity contribution in [3.8, 4) is 5.75 Å². The van der Waals surface area contributed by atoms with Crippen molar-refractivity contribution in [3.05, 3.63) is 24.3 Å². The summed E-state index contributed by atoms with van der Waals surface area (Å²) >= 11 is 0. The predicted molar refractivity (Wildman–Crippen MR) is 89.3 cm³/mol. The summed E-state index contributed by atoms with van der Waals surface area (Å²) in [6.07, 6.45) is 1.23. The van der Waals surface area contributed by atoms with Crippen LogP contribution in [0.2, 0.25) is 0 Å². The van der Waals surface area contributed by atoms with Crippen LogP contribution in [0.15, 0.2) is 24.3 Å². The Morgan fingerprint density at radius 1 is 1.30 bits per heavy atom. The minimum Gasteiger partial charge on any atom is -0.481 e. The van der Waals surface area contributed by atoms with E-state index >= 15 is 0 Å². The molecule has 7 nitrogen and oxygen atoms in total. The zero-order chi connectivity index (χ0) is 17.5. The summed E-state index contributed by atoms with van der Waals surface area (Å²) in [7, 11) is -0.219. The fourth-order valence-corrected chi connectivity index (χ4v) is 2.26. The molecule has 0 saturated heterocycles. The number of amides is 1. The maximum atomic E-state index is 11.9. The van der Waals surface area contributed by atoms with Crippen molar-refractivity contribution in [1.82, 2.24) is 5.32 Å². The summed E-state index contributed by atoms with van der Waals surface area (Å²) in [4.78, 5) is 11.9. The van der Waals surface area contributed by atoms with E-state index in [1.54, 1.807) is 38.3 Å². The van der Waals surface area contributed by atoms with E-state index in [4.69, 9.17) is 9.47 Å². The molecule has 0 aliphatic heterocycles. The van der Waals surface area contributed by atoms with Crippen molar-refractivity contribution >= 4 is 21.6 Å². The van der Waals surface area contributed by atoms with E-state index in [2.05, 4.69) is 5.32 Å². The second-order valence-corrected chi connectivity index (χ2v) is 7.14. The molecule has 130 valence electrons. The number of rotatable bonds is 9. The molecule has 0 aliphatic rings. The Balaban J connectivity index is 2.56. The van der Waals surface area contributed by atoms with E-state index in [0.717, 1.165) is 12.7 Å². The average Bonchev–Trinajstić information content (AvgIpc) is 2.50. The van der Waals surface area contributed by atoms with E-state index < -0.39 is 16.1 Å². The third-order valence-electron chi connectivity index (χ3n) is 3.20. The molecule has 0 spiro atoms. The molecule has 1 atom stereocenters. The van der Waals surface area contributed by atoms with Gasteiger partial charge < -0.3 is 14.8 Å². The van der Waals surface area contributed by atoms with Gasteiger partial charge in [0.15, 0.2) is 6.10 Å². The largest absolute Gasteiger partial charge is 0.481 e. The van der Waals surface area contributed by atoms with Crippen LogP contribution in [0.25, 0.3) is 0 Å². The van der Waals surface area contributed by atoms with Crippen LogP contribution >= 0.6 is 0 Å². The summed E-state index contributed by atoms with van der Waals surface area (Å²) in [5, 5.41) is 2.76. The van der Waals surface area contributed by atoms with Crippen LogP contribution in [-0.2, 0) is 19.6 Å². The van der Waals surface area contributed by atoms with Gasteiger partial charge in [0, 0.05) is 27.3 Å². The van der Waals surface area contributed by atoms with Gasteiger partial charge in [-0.05, 0) is 37.6 Å². The van der Waals surface area contributed by atoms with Gasteiger partial charge in [-0.1, -0.05) is 0 Å². The Bertz CT molecular complexity index is 601. The number of nitrogens with zero attached hydrogens (tertiary/aromatic N) is 1. The molecule has 1 aromatic carbocycles. The zero-order valence-corrected chi connectivity index (χ0v) is 14.7. The summed E-state index contributed by atoms with van der Waals surface area (Å²) in [6.45, 7) is 2.77. The molecule has 0 bridgehead atoms. The number of anilines is 1. The van der Waals surface area contributed by atoms with Crippen LogP contribution in [0.1, 0.15) is 13.3 Å². The maximum Gasteiger partial charge on any atom is 0.260 e. The number of benzene rings is 1. The first kappa shape index (κ1) is 19.2. The van der Waals surface area contributed by atoms with Crippen LogP contribution in [0.4, 0.5) is 5.69 Å². The molecule has 23 heavy (non-hydrogen) atoms. The third-order valence-corrected chi connectivity index (χ3v) is 4.41. The van der Waals surface area contributed by atoms with E-state index in [0.29, 0.717) is 24.6 Å². The van der Waals surface area contributed by atoms with Gasteiger partial charge in [0.1, 0.15) is 5.75 Å². The molecule has 0 radical (unpaired) electrons. The SMILES string of the molecule is COCCCNC(=O)C(C)Oc1ccc(N(C)S(C)(=O)=O)cc1. The first-order valence-electron chi connectivity index (χ1n) is 7.23. The van der Waals surface area contributed by atoms with E-state index in [1.165, 1.54) is 11.4 Å². The second-order valence-electron chi connectivity index (χ2n) is 5.12. The van der Waals surface area contributed by atoms with Gasteiger partial charge in [0.05, 0.1) is 11.9 Å².